The molecule has 1 aliphatic rings. The van der Waals surface area contributed by atoms with Gasteiger partial charge in [-0.2, -0.15) is 0 Å². The number of hydrogen-bond donors (Lipinski definition) is 0. The van der Waals surface area contributed by atoms with Gasteiger partial charge in [0.25, 0.3) is 0 Å². The van der Waals surface area contributed by atoms with Crippen LogP contribution in [0.15, 0.2) is 60.8 Å². The van der Waals surface area contributed by atoms with Gasteiger partial charge in [0.05, 0.1) is 19.3 Å². The molecule has 0 bridgehead atoms. The van der Waals surface area contributed by atoms with E-state index in [0.29, 0.717) is 13.2 Å². The summed E-state index contributed by atoms with van der Waals surface area (Å²) in [5, 5.41) is 9.26. The van der Waals surface area contributed by atoms with Crippen molar-refractivity contribution in [3.63, 3.8) is 0 Å². The van der Waals surface area contributed by atoms with Gasteiger partial charge in [0.15, 0.2) is 6.23 Å². The van der Waals surface area contributed by atoms with Gasteiger partial charge in [-0.05, 0) is 23.8 Å². The van der Waals surface area contributed by atoms with Crippen LogP contribution in [0.1, 0.15) is 17.5 Å². The van der Waals surface area contributed by atoms with Crippen LogP contribution in [0.25, 0.3) is 0 Å². The molecule has 1 aromatic heterocycles. The molecule has 1 fully saturated rings. The zero-order chi connectivity index (χ0) is 16.4. The number of hydrogen-bond acceptors (Lipinski definition) is 4. The van der Waals surface area contributed by atoms with Crippen molar-refractivity contribution in [3.8, 4) is 0 Å². The standard InChI is InChI=1S/C18H17ClN4O/c19-16-9-5-4-6-14(16)12-22-13-17(20-21-22)18-23(10-11-24-18)15-7-2-1-3-8-15/h1-9,13,18H,10-12H2/t18-/m0/s1. The van der Waals surface area contributed by atoms with Crippen LogP contribution in [0.2, 0.25) is 5.02 Å². The molecule has 3 aromatic rings. The summed E-state index contributed by atoms with van der Waals surface area (Å²) in [5.41, 5.74) is 2.95. The molecule has 0 amide bonds. The second-order valence-corrected chi connectivity index (χ2v) is 6.09. The van der Waals surface area contributed by atoms with Gasteiger partial charge in [0, 0.05) is 17.3 Å². The monoisotopic (exact) mass is 340 g/mol. The van der Waals surface area contributed by atoms with E-state index >= 15 is 0 Å². The Balaban J connectivity index is 1.55. The third kappa shape index (κ3) is 3.00. The van der Waals surface area contributed by atoms with Gasteiger partial charge >= 0.3 is 0 Å². The first-order valence-corrected chi connectivity index (χ1v) is 8.26. The third-order valence-electron chi connectivity index (χ3n) is 4.08. The summed E-state index contributed by atoms with van der Waals surface area (Å²) in [5.74, 6) is 0. The molecule has 24 heavy (non-hydrogen) atoms. The Morgan fingerprint density at radius 2 is 1.88 bits per heavy atom. The molecule has 6 heteroatoms. The van der Waals surface area contributed by atoms with Crippen molar-refractivity contribution in [1.29, 1.82) is 0 Å². The molecule has 0 radical (unpaired) electrons. The number of nitrogens with zero attached hydrogens (tertiary/aromatic N) is 4. The lowest BCUT2D eigenvalue weighted by molar-refractivity contribution is 0.110. The number of halogens is 1. The van der Waals surface area contributed by atoms with E-state index in [2.05, 4.69) is 27.3 Å². The molecule has 0 saturated carbocycles. The largest absolute Gasteiger partial charge is 0.350 e. The van der Waals surface area contributed by atoms with Crippen LogP contribution in [0.3, 0.4) is 0 Å². The number of ether oxygens (including phenoxy) is 1. The van der Waals surface area contributed by atoms with Gasteiger partial charge < -0.3 is 9.64 Å². The lowest BCUT2D eigenvalue weighted by atomic mass is 10.2. The summed E-state index contributed by atoms with van der Waals surface area (Å²) in [7, 11) is 0. The first-order valence-electron chi connectivity index (χ1n) is 7.88. The summed E-state index contributed by atoms with van der Waals surface area (Å²) in [6.07, 6.45) is 1.72. The Morgan fingerprint density at radius 1 is 1.08 bits per heavy atom. The number of para-hydroxylation sites is 1. The van der Waals surface area contributed by atoms with Crippen LogP contribution in [0.4, 0.5) is 5.69 Å². The Hall–Kier alpha value is -2.37. The second-order valence-electron chi connectivity index (χ2n) is 5.68. The Kier molecular flexibility index (Phi) is 4.19. The molecule has 0 aliphatic carbocycles. The number of anilines is 1. The lowest BCUT2D eigenvalue weighted by Crippen LogP contribution is -2.23. The molecule has 122 valence electrons. The predicted octanol–water partition coefficient (Wildman–Crippen LogP) is 3.52. The maximum Gasteiger partial charge on any atom is 0.177 e. The normalized spacial score (nSPS) is 17.4. The predicted molar refractivity (Wildman–Crippen MR) is 93.1 cm³/mol. The van der Waals surface area contributed by atoms with Crippen molar-refractivity contribution < 1.29 is 4.74 Å². The van der Waals surface area contributed by atoms with Crippen molar-refractivity contribution in [2.24, 2.45) is 0 Å². The van der Waals surface area contributed by atoms with E-state index in [1.807, 2.05) is 48.7 Å². The Bertz CT molecular complexity index is 821. The molecular weight excluding hydrogens is 324 g/mol. The molecule has 2 aromatic carbocycles. The van der Waals surface area contributed by atoms with Crippen molar-refractivity contribution in [1.82, 2.24) is 15.0 Å². The highest BCUT2D eigenvalue weighted by molar-refractivity contribution is 6.31. The topological polar surface area (TPSA) is 43.2 Å². The maximum atomic E-state index is 6.22. The van der Waals surface area contributed by atoms with Crippen LogP contribution in [0, 0.1) is 0 Å². The fraction of sp³-hybridized carbons (Fsp3) is 0.222. The number of benzene rings is 2. The molecule has 4 rings (SSSR count). The highest BCUT2D eigenvalue weighted by Crippen LogP contribution is 2.30. The van der Waals surface area contributed by atoms with E-state index < -0.39 is 0 Å². The van der Waals surface area contributed by atoms with Crippen molar-refractivity contribution in [2.45, 2.75) is 12.8 Å². The fourth-order valence-corrected chi connectivity index (χ4v) is 3.10. The van der Waals surface area contributed by atoms with Crippen molar-refractivity contribution in [3.05, 3.63) is 77.1 Å². The molecule has 0 unspecified atom stereocenters. The minimum Gasteiger partial charge on any atom is -0.350 e. The Morgan fingerprint density at radius 3 is 2.71 bits per heavy atom. The second kappa shape index (κ2) is 6.63. The van der Waals surface area contributed by atoms with E-state index in [1.54, 1.807) is 4.68 Å². The molecule has 1 aliphatic heterocycles. The van der Waals surface area contributed by atoms with Gasteiger partial charge in [-0.1, -0.05) is 53.2 Å². The lowest BCUT2D eigenvalue weighted by Gasteiger charge is -2.23. The quantitative estimate of drug-likeness (QED) is 0.729. The van der Waals surface area contributed by atoms with Crippen LogP contribution in [0.5, 0.6) is 0 Å². The Labute approximate surface area is 145 Å². The highest BCUT2D eigenvalue weighted by atomic mass is 35.5. The highest BCUT2D eigenvalue weighted by Gasteiger charge is 2.29. The smallest absolute Gasteiger partial charge is 0.177 e. The fourth-order valence-electron chi connectivity index (χ4n) is 2.90. The zero-order valence-electron chi connectivity index (χ0n) is 13.0. The minimum atomic E-state index is -0.201. The molecule has 5 nitrogen and oxygen atoms in total. The summed E-state index contributed by atoms with van der Waals surface area (Å²) >= 11 is 6.22. The maximum absolute atomic E-state index is 6.22. The van der Waals surface area contributed by atoms with E-state index in [4.69, 9.17) is 16.3 Å². The van der Waals surface area contributed by atoms with Crippen LogP contribution >= 0.6 is 11.6 Å². The van der Waals surface area contributed by atoms with Crippen molar-refractivity contribution in [2.75, 3.05) is 18.1 Å². The minimum absolute atomic E-state index is 0.201. The van der Waals surface area contributed by atoms with E-state index in [1.165, 1.54) is 0 Å². The van der Waals surface area contributed by atoms with Crippen LogP contribution in [-0.4, -0.2) is 28.1 Å². The van der Waals surface area contributed by atoms with Gasteiger partial charge in [-0.25, -0.2) is 4.68 Å². The van der Waals surface area contributed by atoms with Crippen LogP contribution < -0.4 is 4.90 Å². The van der Waals surface area contributed by atoms with Crippen LogP contribution in [-0.2, 0) is 11.3 Å². The van der Waals surface area contributed by atoms with Gasteiger partial charge in [0.1, 0.15) is 5.69 Å². The summed E-state index contributed by atoms with van der Waals surface area (Å²) in [6.45, 7) is 2.10. The summed E-state index contributed by atoms with van der Waals surface area (Å²) < 4.78 is 7.67. The SMILES string of the molecule is Clc1ccccc1Cn1cc([C@@H]2OCCN2c2ccccc2)nn1. The van der Waals surface area contributed by atoms with E-state index in [0.717, 1.165) is 28.5 Å². The van der Waals surface area contributed by atoms with E-state index in [-0.39, 0.29) is 6.23 Å². The van der Waals surface area contributed by atoms with Gasteiger partial charge in [-0.3, -0.25) is 0 Å². The molecular formula is C18H17ClN4O. The van der Waals surface area contributed by atoms with Crippen molar-refractivity contribution >= 4 is 17.3 Å². The molecule has 2 heterocycles. The first-order chi connectivity index (χ1) is 11.8. The molecule has 1 atom stereocenters. The zero-order valence-corrected chi connectivity index (χ0v) is 13.8. The third-order valence-corrected chi connectivity index (χ3v) is 4.45. The molecule has 0 N–H and O–H groups in total. The first kappa shape index (κ1) is 15.2. The number of aromatic nitrogens is 3. The van der Waals surface area contributed by atoms with Gasteiger partial charge in [-0.15, -0.1) is 5.10 Å². The molecule has 1 saturated heterocycles. The summed E-state index contributed by atoms with van der Waals surface area (Å²) in [6, 6.07) is 18.0. The van der Waals surface area contributed by atoms with E-state index in [9.17, 15) is 0 Å². The average Bonchev–Trinajstić information content (AvgIpc) is 3.27. The summed E-state index contributed by atoms with van der Waals surface area (Å²) in [4.78, 5) is 2.20. The average molecular weight is 341 g/mol. The molecule has 0 spiro atoms. The number of rotatable bonds is 4. The van der Waals surface area contributed by atoms with Gasteiger partial charge in [0.2, 0.25) is 0 Å².